The summed E-state index contributed by atoms with van der Waals surface area (Å²) in [6.45, 7) is 7.13. The molecule has 0 aromatic heterocycles. The second kappa shape index (κ2) is 6.02. The lowest BCUT2D eigenvalue weighted by atomic mass is 9.59. The number of aliphatic hydroxyl groups excluding tert-OH is 2. The Morgan fingerprint density at radius 1 is 1.44 bits per heavy atom. The van der Waals surface area contributed by atoms with E-state index in [-0.39, 0.29) is 12.7 Å². The van der Waals surface area contributed by atoms with Gasteiger partial charge in [-0.3, -0.25) is 0 Å². The van der Waals surface area contributed by atoms with Gasteiger partial charge in [-0.05, 0) is 42.9 Å². The predicted octanol–water partition coefficient (Wildman–Crippen LogP) is 2.97. The molecule has 1 fully saturated rings. The first-order chi connectivity index (χ1) is 7.54. The maximum absolute atomic E-state index is 9.80. The van der Waals surface area contributed by atoms with E-state index in [0.29, 0.717) is 17.3 Å². The minimum absolute atomic E-state index is 0.0917. The van der Waals surface area contributed by atoms with Crippen LogP contribution in [-0.2, 0) is 0 Å². The number of rotatable bonds is 5. The highest BCUT2D eigenvalue weighted by Crippen LogP contribution is 2.49. The van der Waals surface area contributed by atoms with Gasteiger partial charge in [-0.1, -0.05) is 33.6 Å². The minimum Gasteiger partial charge on any atom is -0.396 e. The van der Waals surface area contributed by atoms with Crippen molar-refractivity contribution in [3.63, 3.8) is 0 Å². The molecule has 0 bridgehead atoms. The lowest BCUT2D eigenvalue weighted by Gasteiger charge is -2.47. The molecule has 0 heterocycles. The van der Waals surface area contributed by atoms with Crippen molar-refractivity contribution in [2.75, 3.05) is 6.61 Å². The zero-order chi connectivity index (χ0) is 12.2. The monoisotopic (exact) mass is 228 g/mol. The molecular formula is C14H28O2. The van der Waals surface area contributed by atoms with Crippen LogP contribution in [-0.4, -0.2) is 22.9 Å². The zero-order valence-electron chi connectivity index (χ0n) is 11.1. The van der Waals surface area contributed by atoms with Gasteiger partial charge in [0.15, 0.2) is 0 Å². The molecule has 4 atom stereocenters. The summed E-state index contributed by atoms with van der Waals surface area (Å²) in [6, 6.07) is 0. The molecular weight excluding hydrogens is 200 g/mol. The van der Waals surface area contributed by atoms with Gasteiger partial charge in [-0.25, -0.2) is 0 Å². The molecule has 96 valence electrons. The third-order valence-electron chi connectivity index (χ3n) is 4.83. The number of aliphatic hydroxyl groups is 2. The molecule has 2 unspecified atom stereocenters. The maximum Gasteiger partial charge on any atom is 0.0543 e. The van der Waals surface area contributed by atoms with Crippen molar-refractivity contribution < 1.29 is 10.2 Å². The van der Waals surface area contributed by atoms with Crippen molar-refractivity contribution in [3.8, 4) is 0 Å². The Morgan fingerprint density at radius 2 is 2.12 bits per heavy atom. The molecule has 2 nitrogen and oxygen atoms in total. The van der Waals surface area contributed by atoms with E-state index in [1.165, 1.54) is 12.8 Å². The second-order valence-corrected chi connectivity index (χ2v) is 5.83. The van der Waals surface area contributed by atoms with E-state index >= 15 is 0 Å². The summed E-state index contributed by atoms with van der Waals surface area (Å²) < 4.78 is 0. The van der Waals surface area contributed by atoms with Crippen LogP contribution in [0.25, 0.3) is 0 Å². The van der Waals surface area contributed by atoms with Gasteiger partial charge in [0, 0.05) is 6.61 Å². The molecule has 1 aliphatic carbocycles. The van der Waals surface area contributed by atoms with Gasteiger partial charge in [0.25, 0.3) is 0 Å². The molecule has 0 aliphatic heterocycles. The largest absolute Gasteiger partial charge is 0.396 e. The van der Waals surface area contributed by atoms with Crippen LogP contribution in [0.5, 0.6) is 0 Å². The van der Waals surface area contributed by atoms with E-state index in [1.807, 2.05) is 0 Å². The Labute approximate surface area is 100 Å². The van der Waals surface area contributed by atoms with E-state index in [9.17, 15) is 5.11 Å². The molecule has 1 saturated carbocycles. The van der Waals surface area contributed by atoms with Crippen LogP contribution in [0.1, 0.15) is 59.3 Å². The third kappa shape index (κ3) is 2.98. The Kier molecular flexibility index (Phi) is 5.26. The summed E-state index contributed by atoms with van der Waals surface area (Å²) >= 11 is 0. The standard InChI is InChI=1S/C14H28O2/c1-4-5-12-10-13(16)6-8-14(12,3)11(2)7-9-15/h11-13,15-16H,4-10H2,1-3H3/t11?,12?,13-,14-/m1/s1. The fourth-order valence-corrected chi connectivity index (χ4v) is 3.37. The molecule has 16 heavy (non-hydrogen) atoms. The van der Waals surface area contributed by atoms with E-state index < -0.39 is 0 Å². The first-order valence-electron chi connectivity index (χ1n) is 6.83. The lowest BCUT2D eigenvalue weighted by molar-refractivity contribution is -0.0239. The molecule has 1 rings (SSSR count). The van der Waals surface area contributed by atoms with Crippen molar-refractivity contribution >= 4 is 0 Å². The molecule has 0 spiro atoms. The van der Waals surface area contributed by atoms with Crippen LogP contribution in [0.3, 0.4) is 0 Å². The van der Waals surface area contributed by atoms with Gasteiger partial charge in [0.2, 0.25) is 0 Å². The Morgan fingerprint density at radius 3 is 2.69 bits per heavy atom. The molecule has 2 heteroatoms. The minimum atomic E-state index is -0.0917. The molecule has 1 aliphatic rings. The summed E-state index contributed by atoms with van der Waals surface area (Å²) in [7, 11) is 0. The Balaban J connectivity index is 2.72. The zero-order valence-corrected chi connectivity index (χ0v) is 11.1. The summed E-state index contributed by atoms with van der Waals surface area (Å²) in [5.74, 6) is 1.18. The molecule has 0 radical (unpaired) electrons. The van der Waals surface area contributed by atoms with Crippen LogP contribution >= 0.6 is 0 Å². The fourth-order valence-electron chi connectivity index (χ4n) is 3.37. The third-order valence-corrected chi connectivity index (χ3v) is 4.83. The molecule has 0 aromatic rings. The predicted molar refractivity (Wildman–Crippen MR) is 67.2 cm³/mol. The quantitative estimate of drug-likeness (QED) is 0.759. The van der Waals surface area contributed by atoms with Crippen LogP contribution in [0, 0.1) is 17.3 Å². The highest BCUT2D eigenvalue weighted by atomic mass is 16.3. The van der Waals surface area contributed by atoms with Crippen molar-refractivity contribution in [1.29, 1.82) is 0 Å². The highest BCUT2D eigenvalue weighted by Gasteiger charge is 2.42. The second-order valence-electron chi connectivity index (χ2n) is 5.83. The normalized spacial score (nSPS) is 37.3. The van der Waals surface area contributed by atoms with E-state index in [0.717, 1.165) is 25.7 Å². The fraction of sp³-hybridized carbons (Fsp3) is 1.00. The van der Waals surface area contributed by atoms with Gasteiger partial charge < -0.3 is 10.2 Å². The highest BCUT2D eigenvalue weighted by molar-refractivity contribution is 4.92. The van der Waals surface area contributed by atoms with Gasteiger partial charge in [-0.15, -0.1) is 0 Å². The lowest BCUT2D eigenvalue weighted by Crippen LogP contribution is -2.41. The average molecular weight is 228 g/mol. The summed E-state index contributed by atoms with van der Waals surface area (Å²) in [6.07, 6.45) is 6.22. The van der Waals surface area contributed by atoms with Gasteiger partial charge in [0.05, 0.1) is 6.10 Å². The Hall–Kier alpha value is -0.0800. The van der Waals surface area contributed by atoms with Crippen LogP contribution in [0.2, 0.25) is 0 Å². The first kappa shape index (κ1) is 14.0. The summed E-state index contributed by atoms with van der Waals surface area (Å²) in [5, 5.41) is 18.9. The van der Waals surface area contributed by atoms with Crippen molar-refractivity contribution in [2.45, 2.75) is 65.4 Å². The number of hydrogen-bond acceptors (Lipinski definition) is 2. The van der Waals surface area contributed by atoms with Crippen molar-refractivity contribution in [3.05, 3.63) is 0 Å². The average Bonchev–Trinajstić information content (AvgIpc) is 2.24. The van der Waals surface area contributed by atoms with Crippen LogP contribution < -0.4 is 0 Å². The SMILES string of the molecule is CCCC1C[C@H](O)CC[C@]1(C)C(C)CCO. The van der Waals surface area contributed by atoms with E-state index in [2.05, 4.69) is 20.8 Å². The van der Waals surface area contributed by atoms with E-state index in [1.54, 1.807) is 0 Å². The number of hydrogen-bond donors (Lipinski definition) is 2. The summed E-state index contributed by atoms with van der Waals surface area (Å²) in [4.78, 5) is 0. The van der Waals surface area contributed by atoms with Gasteiger partial charge in [0.1, 0.15) is 0 Å². The first-order valence-corrected chi connectivity index (χ1v) is 6.83. The molecule has 2 N–H and O–H groups in total. The van der Waals surface area contributed by atoms with Gasteiger partial charge in [-0.2, -0.15) is 0 Å². The maximum atomic E-state index is 9.80. The molecule has 0 aromatic carbocycles. The van der Waals surface area contributed by atoms with Gasteiger partial charge >= 0.3 is 0 Å². The Bertz CT molecular complexity index is 205. The summed E-state index contributed by atoms with van der Waals surface area (Å²) in [5.41, 5.74) is 0.317. The van der Waals surface area contributed by atoms with Crippen LogP contribution in [0.4, 0.5) is 0 Å². The topological polar surface area (TPSA) is 40.5 Å². The van der Waals surface area contributed by atoms with Crippen LogP contribution in [0.15, 0.2) is 0 Å². The smallest absolute Gasteiger partial charge is 0.0543 e. The molecule has 0 amide bonds. The van der Waals surface area contributed by atoms with E-state index in [4.69, 9.17) is 5.11 Å². The van der Waals surface area contributed by atoms with Crippen molar-refractivity contribution in [2.24, 2.45) is 17.3 Å². The van der Waals surface area contributed by atoms with Crippen molar-refractivity contribution in [1.82, 2.24) is 0 Å². The molecule has 0 saturated heterocycles.